The first-order valence-electron chi connectivity index (χ1n) is 3.67. The maximum absolute atomic E-state index is 4.95. The molecule has 1 aliphatic carbocycles. The lowest BCUT2D eigenvalue weighted by Crippen LogP contribution is -2.05. The summed E-state index contributed by atoms with van der Waals surface area (Å²) in [7, 11) is 0. The second-order valence-electron chi connectivity index (χ2n) is 2.36. The second kappa shape index (κ2) is 3.96. The number of halogens is 1. The molecule has 0 aromatic rings. The monoisotopic (exact) mass is 205 g/mol. The maximum atomic E-state index is 4.95. The third kappa shape index (κ3) is 1.97. The van der Waals surface area contributed by atoms with Crippen molar-refractivity contribution in [1.82, 2.24) is 0 Å². The van der Waals surface area contributed by atoms with E-state index < -0.39 is 0 Å². The molecule has 0 N–H and O–H groups in total. The van der Waals surface area contributed by atoms with Crippen LogP contribution in [-0.4, -0.2) is 17.1 Å². The van der Waals surface area contributed by atoms with Gasteiger partial charge in [-0.1, -0.05) is 21.1 Å². The van der Waals surface area contributed by atoms with Gasteiger partial charge in [0.25, 0.3) is 0 Å². The molecule has 2 nitrogen and oxygen atoms in total. The Kier molecular flexibility index (Phi) is 3.19. The van der Waals surface area contributed by atoms with Crippen molar-refractivity contribution in [1.29, 1.82) is 0 Å². The van der Waals surface area contributed by atoms with Crippen LogP contribution < -0.4 is 0 Å². The van der Waals surface area contributed by atoms with Crippen LogP contribution in [0.15, 0.2) is 5.16 Å². The molecule has 0 heterocycles. The van der Waals surface area contributed by atoms with Gasteiger partial charge in [0.1, 0.15) is 6.61 Å². The fourth-order valence-electron chi connectivity index (χ4n) is 1.04. The summed E-state index contributed by atoms with van der Waals surface area (Å²) in [4.78, 5) is 5.42. The molecule has 10 heavy (non-hydrogen) atoms. The molecule has 1 atom stereocenters. The summed E-state index contributed by atoms with van der Waals surface area (Å²) in [5.41, 5.74) is 1.17. The third-order valence-electron chi connectivity index (χ3n) is 1.56. The fourth-order valence-corrected chi connectivity index (χ4v) is 1.67. The van der Waals surface area contributed by atoms with Gasteiger partial charge in [-0.2, -0.15) is 0 Å². The predicted octanol–water partition coefficient (Wildman–Crippen LogP) is 2.33. The van der Waals surface area contributed by atoms with Crippen LogP contribution in [0.4, 0.5) is 0 Å². The Labute approximate surface area is 69.8 Å². The van der Waals surface area contributed by atoms with Crippen molar-refractivity contribution in [2.75, 3.05) is 6.61 Å². The molecule has 1 saturated carbocycles. The van der Waals surface area contributed by atoms with Gasteiger partial charge >= 0.3 is 0 Å². The fraction of sp³-hybridized carbons (Fsp3) is 0.857. The molecule has 0 radical (unpaired) electrons. The quantitative estimate of drug-likeness (QED) is 0.501. The molecule has 0 amide bonds. The first-order valence-corrected chi connectivity index (χ1v) is 4.59. The molecule has 0 bridgehead atoms. The van der Waals surface area contributed by atoms with Gasteiger partial charge in [0.2, 0.25) is 0 Å². The molecule has 0 aliphatic heterocycles. The van der Waals surface area contributed by atoms with Crippen LogP contribution >= 0.6 is 15.9 Å². The first kappa shape index (κ1) is 8.05. The molecule has 3 heteroatoms. The molecule has 0 spiro atoms. The van der Waals surface area contributed by atoms with Crippen molar-refractivity contribution in [3.05, 3.63) is 0 Å². The topological polar surface area (TPSA) is 21.6 Å². The van der Waals surface area contributed by atoms with Crippen molar-refractivity contribution in [3.63, 3.8) is 0 Å². The molecule has 1 unspecified atom stereocenters. The Morgan fingerprint density at radius 2 is 2.60 bits per heavy atom. The van der Waals surface area contributed by atoms with Crippen molar-refractivity contribution in [2.24, 2.45) is 5.16 Å². The lowest BCUT2D eigenvalue weighted by Gasteiger charge is -1.99. The third-order valence-corrected chi connectivity index (χ3v) is 2.55. The van der Waals surface area contributed by atoms with Crippen LogP contribution in [0.25, 0.3) is 0 Å². The first-order chi connectivity index (χ1) is 4.84. The van der Waals surface area contributed by atoms with Crippen LogP contribution in [0, 0.1) is 0 Å². The summed E-state index contributed by atoms with van der Waals surface area (Å²) < 4.78 is 0. The number of oxime groups is 1. The normalized spacial score (nSPS) is 29.4. The summed E-state index contributed by atoms with van der Waals surface area (Å²) in [6.07, 6.45) is 3.53. The molecule has 1 rings (SSSR count). The minimum atomic E-state index is 0.471. The van der Waals surface area contributed by atoms with Crippen LogP contribution in [-0.2, 0) is 4.84 Å². The molecular formula is C7H12BrNO. The van der Waals surface area contributed by atoms with E-state index in [-0.39, 0.29) is 0 Å². The Morgan fingerprint density at radius 1 is 1.80 bits per heavy atom. The van der Waals surface area contributed by atoms with Gasteiger partial charge in [-0.05, 0) is 26.2 Å². The van der Waals surface area contributed by atoms with E-state index in [1.54, 1.807) is 0 Å². The Balaban J connectivity index is 2.38. The van der Waals surface area contributed by atoms with Gasteiger partial charge in [-0.3, -0.25) is 0 Å². The SMILES string of the molecule is CCON=C1CCCC1Br. The van der Waals surface area contributed by atoms with E-state index in [0.717, 1.165) is 6.42 Å². The van der Waals surface area contributed by atoms with E-state index in [2.05, 4.69) is 21.1 Å². The molecule has 1 aliphatic rings. The zero-order valence-corrected chi connectivity index (χ0v) is 7.73. The molecule has 1 fully saturated rings. The highest BCUT2D eigenvalue weighted by molar-refractivity contribution is 9.10. The average molecular weight is 206 g/mol. The molecule has 0 saturated heterocycles. The van der Waals surface area contributed by atoms with E-state index in [1.807, 2.05) is 6.92 Å². The highest BCUT2D eigenvalue weighted by Crippen LogP contribution is 2.22. The summed E-state index contributed by atoms with van der Waals surface area (Å²) in [5, 5.41) is 3.99. The minimum Gasteiger partial charge on any atom is -0.396 e. The number of nitrogens with zero attached hydrogens (tertiary/aromatic N) is 1. The highest BCUT2D eigenvalue weighted by Gasteiger charge is 2.19. The van der Waals surface area contributed by atoms with E-state index in [0.29, 0.717) is 11.4 Å². The number of hydrogen-bond donors (Lipinski definition) is 0. The zero-order valence-electron chi connectivity index (χ0n) is 6.14. The van der Waals surface area contributed by atoms with Gasteiger partial charge in [0.05, 0.1) is 10.5 Å². The van der Waals surface area contributed by atoms with Gasteiger partial charge in [0.15, 0.2) is 0 Å². The van der Waals surface area contributed by atoms with E-state index in [1.165, 1.54) is 18.6 Å². The van der Waals surface area contributed by atoms with Gasteiger partial charge in [-0.15, -0.1) is 0 Å². The average Bonchev–Trinajstić information content (AvgIpc) is 2.31. The van der Waals surface area contributed by atoms with Crippen LogP contribution in [0.2, 0.25) is 0 Å². The lowest BCUT2D eigenvalue weighted by atomic mass is 10.3. The van der Waals surface area contributed by atoms with Crippen LogP contribution in [0.3, 0.4) is 0 Å². The molecule has 0 aromatic heterocycles. The molecular weight excluding hydrogens is 194 g/mol. The summed E-state index contributed by atoms with van der Waals surface area (Å²) in [6.45, 7) is 2.62. The summed E-state index contributed by atoms with van der Waals surface area (Å²) >= 11 is 3.52. The minimum absolute atomic E-state index is 0.471. The zero-order chi connectivity index (χ0) is 7.40. The van der Waals surface area contributed by atoms with Crippen molar-refractivity contribution in [3.8, 4) is 0 Å². The van der Waals surface area contributed by atoms with Gasteiger partial charge in [-0.25, -0.2) is 0 Å². The van der Waals surface area contributed by atoms with Crippen molar-refractivity contribution >= 4 is 21.6 Å². The summed E-state index contributed by atoms with van der Waals surface area (Å²) in [5.74, 6) is 0. The largest absolute Gasteiger partial charge is 0.396 e. The Bertz CT molecular complexity index is 136. The molecule has 58 valence electrons. The Morgan fingerprint density at radius 3 is 3.10 bits per heavy atom. The smallest absolute Gasteiger partial charge is 0.114 e. The number of rotatable bonds is 2. The summed E-state index contributed by atoms with van der Waals surface area (Å²) in [6, 6.07) is 0. The van der Waals surface area contributed by atoms with E-state index in [9.17, 15) is 0 Å². The second-order valence-corrected chi connectivity index (χ2v) is 3.47. The van der Waals surface area contributed by atoms with Gasteiger partial charge < -0.3 is 4.84 Å². The predicted molar refractivity (Wildman–Crippen MR) is 45.6 cm³/mol. The van der Waals surface area contributed by atoms with Gasteiger partial charge in [0, 0.05) is 0 Å². The van der Waals surface area contributed by atoms with E-state index >= 15 is 0 Å². The lowest BCUT2D eigenvalue weighted by molar-refractivity contribution is 0.158. The van der Waals surface area contributed by atoms with Crippen LogP contribution in [0.1, 0.15) is 26.2 Å². The number of hydrogen-bond acceptors (Lipinski definition) is 2. The van der Waals surface area contributed by atoms with E-state index in [4.69, 9.17) is 4.84 Å². The van der Waals surface area contributed by atoms with Crippen molar-refractivity contribution in [2.45, 2.75) is 31.0 Å². The standard InChI is InChI=1S/C7H12BrNO/c1-2-10-9-7-5-3-4-6(7)8/h6H,2-5H2,1H3. The van der Waals surface area contributed by atoms with Crippen molar-refractivity contribution < 1.29 is 4.84 Å². The Hall–Kier alpha value is -0.0500. The van der Waals surface area contributed by atoms with Crippen LogP contribution in [0.5, 0.6) is 0 Å². The highest BCUT2D eigenvalue weighted by atomic mass is 79.9. The molecule has 0 aromatic carbocycles. The number of alkyl halides is 1. The maximum Gasteiger partial charge on any atom is 0.114 e.